The first-order chi connectivity index (χ1) is 29.7. The zero-order valence-electron chi connectivity index (χ0n) is 32.9. The van der Waals surface area contributed by atoms with Crippen molar-refractivity contribution in [3.63, 3.8) is 0 Å². The van der Waals surface area contributed by atoms with Gasteiger partial charge in [-0.05, 0) is 141 Å². The highest BCUT2D eigenvalue weighted by atomic mass is 16.3. The molecule has 1 aliphatic carbocycles. The quantitative estimate of drug-likeness (QED) is 0.174. The van der Waals surface area contributed by atoms with Gasteiger partial charge in [0, 0.05) is 44.2 Å². The van der Waals surface area contributed by atoms with E-state index >= 15 is 0 Å². The number of para-hydroxylation sites is 5. The molecule has 13 rings (SSSR count). The van der Waals surface area contributed by atoms with Crippen LogP contribution in [0, 0.1) is 6.92 Å². The molecule has 12 aromatic rings. The molecule has 280 valence electrons. The Morgan fingerprint density at radius 3 is 1.63 bits per heavy atom. The van der Waals surface area contributed by atoms with Crippen LogP contribution in [0.3, 0.4) is 0 Å². The summed E-state index contributed by atoms with van der Waals surface area (Å²) in [4.78, 5) is 2.34. The van der Waals surface area contributed by atoms with Crippen molar-refractivity contribution in [2.75, 3.05) is 4.90 Å². The zero-order valence-corrected chi connectivity index (χ0v) is 32.9. The lowest BCUT2D eigenvalue weighted by molar-refractivity contribution is 0.670. The van der Waals surface area contributed by atoms with Crippen LogP contribution in [-0.2, 0) is 0 Å². The van der Waals surface area contributed by atoms with Gasteiger partial charge in [0.1, 0.15) is 5.58 Å². The Kier molecular flexibility index (Phi) is 6.93. The number of aromatic nitrogens is 1. The molecule has 3 nitrogen and oxygen atoms in total. The molecule has 0 spiro atoms. The molecule has 1 aliphatic rings. The Balaban J connectivity index is 0.939. The van der Waals surface area contributed by atoms with Crippen LogP contribution in [0.4, 0.5) is 17.1 Å². The molecule has 0 unspecified atom stereocenters. The molecule has 60 heavy (non-hydrogen) atoms. The average molecular weight is 765 g/mol. The number of hydrogen-bond donors (Lipinski definition) is 0. The van der Waals surface area contributed by atoms with Gasteiger partial charge in [0.25, 0.3) is 0 Å². The molecule has 3 heteroatoms. The van der Waals surface area contributed by atoms with Gasteiger partial charge in [-0.3, -0.25) is 0 Å². The lowest BCUT2D eigenvalue weighted by atomic mass is 9.78. The molecule has 0 saturated carbocycles. The van der Waals surface area contributed by atoms with Crippen LogP contribution in [0.2, 0.25) is 0 Å². The van der Waals surface area contributed by atoms with Crippen LogP contribution >= 0.6 is 0 Å². The van der Waals surface area contributed by atoms with Gasteiger partial charge in [0.2, 0.25) is 0 Å². The Hall–Kier alpha value is -7.88. The summed E-state index contributed by atoms with van der Waals surface area (Å²) in [5.41, 5.74) is 17.3. The first kappa shape index (κ1) is 33.1. The van der Waals surface area contributed by atoms with E-state index in [0.717, 1.165) is 44.6 Å². The number of furan rings is 1. The van der Waals surface area contributed by atoms with Crippen molar-refractivity contribution < 1.29 is 4.42 Å². The van der Waals surface area contributed by atoms with E-state index in [-0.39, 0.29) is 0 Å². The Morgan fingerprint density at radius 1 is 0.367 bits per heavy atom. The summed E-state index contributed by atoms with van der Waals surface area (Å²) in [5, 5.41) is 9.70. The van der Waals surface area contributed by atoms with Crippen LogP contribution in [0.5, 0.6) is 0 Å². The largest absolute Gasteiger partial charge is 0.453 e. The summed E-state index contributed by atoms with van der Waals surface area (Å²) in [7, 11) is 0. The van der Waals surface area contributed by atoms with E-state index in [0.29, 0.717) is 0 Å². The highest BCUT2D eigenvalue weighted by Crippen LogP contribution is 2.51. The van der Waals surface area contributed by atoms with E-state index in [1.54, 1.807) is 0 Å². The van der Waals surface area contributed by atoms with Crippen LogP contribution in [0.25, 0.3) is 104 Å². The van der Waals surface area contributed by atoms with Gasteiger partial charge >= 0.3 is 0 Å². The minimum atomic E-state index is 0.871. The van der Waals surface area contributed by atoms with Gasteiger partial charge in [-0.2, -0.15) is 0 Å². The van der Waals surface area contributed by atoms with Gasteiger partial charge in [0.15, 0.2) is 5.58 Å². The number of nitrogens with zero attached hydrogens (tertiary/aromatic N) is 2. The fourth-order valence-electron chi connectivity index (χ4n) is 9.95. The van der Waals surface area contributed by atoms with E-state index in [1.807, 2.05) is 0 Å². The third kappa shape index (κ3) is 4.78. The van der Waals surface area contributed by atoms with Crippen molar-refractivity contribution in [2.24, 2.45) is 0 Å². The predicted molar refractivity (Wildman–Crippen MR) is 252 cm³/mol. The van der Waals surface area contributed by atoms with Crippen LogP contribution in [0.1, 0.15) is 5.56 Å². The molecule has 2 aromatic heterocycles. The fourth-order valence-corrected chi connectivity index (χ4v) is 9.95. The van der Waals surface area contributed by atoms with Crippen molar-refractivity contribution >= 4 is 82.4 Å². The number of fused-ring (bicyclic) bond motifs is 12. The molecular formula is C57H36N2O. The maximum absolute atomic E-state index is 6.98. The van der Waals surface area contributed by atoms with Crippen molar-refractivity contribution in [1.82, 2.24) is 4.57 Å². The molecule has 0 bridgehead atoms. The molecule has 0 atom stereocenters. The molecule has 0 aliphatic heterocycles. The van der Waals surface area contributed by atoms with Crippen molar-refractivity contribution in [3.8, 4) is 39.1 Å². The Labute approximate surface area is 346 Å². The van der Waals surface area contributed by atoms with E-state index in [9.17, 15) is 0 Å². The van der Waals surface area contributed by atoms with Gasteiger partial charge in [-0.15, -0.1) is 0 Å². The number of benzene rings is 10. The SMILES string of the molecule is Cc1ccccc1-c1cccc2c1oc1c(N(c3ccccc3)c3ccc4cc5c(cc4c3)-c3cc4cc(-n6c7ccccc7c7ccccc76)ccc4cc3-5)cccc12. The molecule has 0 saturated heterocycles. The maximum Gasteiger partial charge on any atom is 0.159 e. The second-order valence-electron chi connectivity index (χ2n) is 16.2. The number of anilines is 3. The highest BCUT2D eigenvalue weighted by Gasteiger charge is 2.26. The fraction of sp³-hybridized carbons (Fsp3) is 0.0175. The molecular weight excluding hydrogens is 729 g/mol. The van der Waals surface area contributed by atoms with Crippen molar-refractivity contribution in [1.29, 1.82) is 0 Å². The molecule has 10 aromatic carbocycles. The molecule has 2 heterocycles. The van der Waals surface area contributed by atoms with E-state index in [2.05, 4.69) is 217 Å². The van der Waals surface area contributed by atoms with Crippen LogP contribution in [0.15, 0.2) is 205 Å². The van der Waals surface area contributed by atoms with E-state index in [1.165, 1.54) is 82.4 Å². The minimum Gasteiger partial charge on any atom is -0.453 e. The smallest absolute Gasteiger partial charge is 0.159 e. The zero-order chi connectivity index (χ0) is 39.5. The Bertz CT molecular complexity index is 3690. The summed E-state index contributed by atoms with van der Waals surface area (Å²) in [5.74, 6) is 0. The van der Waals surface area contributed by atoms with Gasteiger partial charge in [-0.25, -0.2) is 0 Å². The van der Waals surface area contributed by atoms with E-state index < -0.39 is 0 Å². The lowest BCUT2D eigenvalue weighted by Crippen LogP contribution is -2.10. The standard InChI is InChI=1S/C57H36N2O/c1-35-13-5-6-16-43(35)46-19-11-20-47-48-21-12-24-55(57(48)60-56(46)47)58(40-14-3-2-4-15-40)41-27-25-36-31-49-50-32-37-26-28-42(30-39(37)34-52(50)51(49)33-38(36)29-41)59-53-22-9-7-17-44(53)45-18-8-10-23-54(45)59/h2-34H,1H3. The van der Waals surface area contributed by atoms with Crippen LogP contribution in [-0.4, -0.2) is 4.57 Å². The highest BCUT2D eigenvalue weighted by molar-refractivity contribution is 6.15. The summed E-state index contributed by atoms with van der Waals surface area (Å²) < 4.78 is 9.39. The lowest BCUT2D eigenvalue weighted by Gasteiger charge is -2.28. The second-order valence-corrected chi connectivity index (χ2v) is 16.2. The Morgan fingerprint density at radius 2 is 0.917 bits per heavy atom. The summed E-state index contributed by atoms with van der Waals surface area (Å²) >= 11 is 0. The molecule has 0 amide bonds. The van der Waals surface area contributed by atoms with E-state index in [4.69, 9.17) is 4.42 Å². The first-order valence-electron chi connectivity index (χ1n) is 20.7. The topological polar surface area (TPSA) is 21.3 Å². The third-order valence-electron chi connectivity index (χ3n) is 12.8. The average Bonchev–Trinajstić information content (AvgIpc) is 3.85. The normalized spacial score (nSPS) is 12.1. The molecule has 0 radical (unpaired) electrons. The van der Waals surface area contributed by atoms with Gasteiger partial charge < -0.3 is 13.9 Å². The first-order valence-corrected chi connectivity index (χ1v) is 20.7. The van der Waals surface area contributed by atoms with Gasteiger partial charge in [0.05, 0.1) is 16.7 Å². The maximum atomic E-state index is 6.98. The predicted octanol–water partition coefficient (Wildman–Crippen LogP) is 16.1. The monoisotopic (exact) mass is 764 g/mol. The summed E-state index contributed by atoms with van der Waals surface area (Å²) in [6.45, 7) is 2.16. The van der Waals surface area contributed by atoms with Gasteiger partial charge in [-0.1, -0.05) is 121 Å². The number of rotatable bonds is 5. The van der Waals surface area contributed by atoms with Crippen LogP contribution < -0.4 is 4.90 Å². The number of hydrogen-bond acceptors (Lipinski definition) is 2. The summed E-state index contributed by atoms with van der Waals surface area (Å²) in [6.07, 6.45) is 0. The molecule has 0 fully saturated rings. The minimum absolute atomic E-state index is 0.871. The summed E-state index contributed by atoms with van der Waals surface area (Å²) in [6, 6.07) is 72.9. The molecule has 0 N–H and O–H groups in total. The third-order valence-corrected chi connectivity index (χ3v) is 12.8. The van der Waals surface area contributed by atoms with Crippen molar-refractivity contribution in [2.45, 2.75) is 6.92 Å². The number of aryl methyl sites for hydroxylation is 1. The second kappa shape index (κ2) is 12.6. The van der Waals surface area contributed by atoms with Crippen molar-refractivity contribution in [3.05, 3.63) is 206 Å².